The number of aryl methyl sites for hydroxylation is 2. The number of hydrogen-bond acceptors (Lipinski definition) is 5. The first kappa shape index (κ1) is 13.5. The van der Waals surface area contributed by atoms with Crippen LogP contribution in [0.4, 0.5) is 11.4 Å². The van der Waals surface area contributed by atoms with Crippen LogP contribution in [0.3, 0.4) is 0 Å². The van der Waals surface area contributed by atoms with Crippen LogP contribution in [0.1, 0.15) is 11.3 Å². The second kappa shape index (κ2) is 5.79. The Morgan fingerprint density at radius 3 is 2.58 bits per heavy atom. The molecular formula is C13H14N4OS. The molecule has 0 amide bonds. The average molecular weight is 274 g/mol. The molecule has 2 aromatic rings. The summed E-state index contributed by atoms with van der Waals surface area (Å²) < 4.78 is 0. The standard InChI is InChI=1S/C13H14N4OS/c1-8-6-4-5-7-10(8)16-17-11-9(2)14-13(19-3)15-12(11)18/h4-7H,1-3H3,(H,14,15,18). The summed E-state index contributed by atoms with van der Waals surface area (Å²) in [6.07, 6.45) is 1.85. The monoisotopic (exact) mass is 274 g/mol. The second-order valence-electron chi connectivity index (χ2n) is 4.00. The summed E-state index contributed by atoms with van der Waals surface area (Å²) in [6, 6.07) is 7.61. The van der Waals surface area contributed by atoms with Gasteiger partial charge in [0.1, 0.15) is 0 Å². The van der Waals surface area contributed by atoms with Gasteiger partial charge in [0, 0.05) is 0 Å². The van der Waals surface area contributed by atoms with Gasteiger partial charge in [0.15, 0.2) is 10.8 Å². The van der Waals surface area contributed by atoms with Crippen molar-refractivity contribution in [1.82, 2.24) is 9.97 Å². The third-order valence-corrected chi connectivity index (χ3v) is 3.19. The predicted molar refractivity (Wildman–Crippen MR) is 76.7 cm³/mol. The summed E-state index contributed by atoms with van der Waals surface area (Å²) in [5.74, 6) is 0. The van der Waals surface area contributed by atoms with Gasteiger partial charge in [0.2, 0.25) is 0 Å². The van der Waals surface area contributed by atoms with Crippen LogP contribution >= 0.6 is 11.8 Å². The summed E-state index contributed by atoms with van der Waals surface area (Å²) in [7, 11) is 0. The van der Waals surface area contributed by atoms with Crippen molar-refractivity contribution in [2.45, 2.75) is 19.0 Å². The molecule has 0 aliphatic heterocycles. The van der Waals surface area contributed by atoms with Crippen LogP contribution < -0.4 is 5.56 Å². The molecule has 19 heavy (non-hydrogen) atoms. The molecule has 1 heterocycles. The first-order valence-corrected chi connectivity index (χ1v) is 6.96. The Morgan fingerprint density at radius 2 is 1.95 bits per heavy atom. The number of aromatic amines is 1. The molecule has 0 aliphatic rings. The van der Waals surface area contributed by atoms with Crippen molar-refractivity contribution in [3.05, 3.63) is 45.9 Å². The Bertz CT molecular complexity index is 679. The van der Waals surface area contributed by atoms with E-state index >= 15 is 0 Å². The van der Waals surface area contributed by atoms with Gasteiger partial charge in [-0.1, -0.05) is 30.0 Å². The zero-order valence-corrected chi connectivity index (χ0v) is 11.8. The summed E-state index contributed by atoms with van der Waals surface area (Å²) >= 11 is 1.38. The molecule has 0 radical (unpaired) electrons. The van der Waals surface area contributed by atoms with Crippen LogP contribution in [0, 0.1) is 13.8 Å². The highest BCUT2D eigenvalue weighted by Gasteiger charge is 2.07. The van der Waals surface area contributed by atoms with Crippen molar-refractivity contribution < 1.29 is 0 Å². The fourth-order valence-corrected chi connectivity index (χ4v) is 1.97. The van der Waals surface area contributed by atoms with Gasteiger partial charge in [0.05, 0.1) is 11.4 Å². The summed E-state index contributed by atoms with van der Waals surface area (Å²) in [6.45, 7) is 3.70. The van der Waals surface area contributed by atoms with Crippen molar-refractivity contribution in [2.75, 3.05) is 6.26 Å². The molecule has 0 saturated carbocycles. The average Bonchev–Trinajstić information content (AvgIpc) is 2.39. The van der Waals surface area contributed by atoms with Gasteiger partial charge >= 0.3 is 0 Å². The molecule has 0 atom stereocenters. The molecule has 1 aromatic heterocycles. The lowest BCUT2D eigenvalue weighted by Crippen LogP contribution is -2.09. The van der Waals surface area contributed by atoms with Gasteiger partial charge in [-0.05, 0) is 31.7 Å². The van der Waals surface area contributed by atoms with Gasteiger partial charge in [-0.2, -0.15) is 5.11 Å². The maximum absolute atomic E-state index is 11.9. The number of azo groups is 1. The van der Waals surface area contributed by atoms with Crippen LogP contribution in [0.2, 0.25) is 0 Å². The Balaban J connectivity index is 2.40. The van der Waals surface area contributed by atoms with Crippen molar-refractivity contribution in [1.29, 1.82) is 0 Å². The van der Waals surface area contributed by atoms with Crippen LogP contribution in [0.25, 0.3) is 0 Å². The van der Waals surface area contributed by atoms with E-state index in [1.54, 1.807) is 6.92 Å². The lowest BCUT2D eigenvalue weighted by atomic mass is 10.2. The van der Waals surface area contributed by atoms with Crippen LogP contribution in [-0.4, -0.2) is 16.2 Å². The molecule has 1 aromatic carbocycles. The van der Waals surface area contributed by atoms with E-state index in [1.165, 1.54) is 11.8 Å². The van der Waals surface area contributed by atoms with E-state index in [2.05, 4.69) is 20.2 Å². The number of aromatic nitrogens is 2. The Labute approximate surface area is 115 Å². The van der Waals surface area contributed by atoms with E-state index in [0.717, 1.165) is 11.3 Å². The predicted octanol–water partition coefficient (Wildman–Crippen LogP) is 3.52. The van der Waals surface area contributed by atoms with Gasteiger partial charge in [-0.25, -0.2) is 4.98 Å². The summed E-state index contributed by atoms with van der Waals surface area (Å²) in [4.78, 5) is 18.8. The Morgan fingerprint density at radius 1 is 1.21 bits per heavy atom. The maximum Gasteiger partial charge on any atom is 0.279 e. The highest BCUT2D eigenvalue weighted by molar-refractivity contribution is 7.98. The molecular weight excluding hydrogens is 260 g/mol. The highest BCUT2D eigenvalue weighted by Crippen LogP contribution is 2.21. The van der Waals surface area contributed by atoms with E-state index in [0.29, 0.717) is 10.9 Å². The molecule has 2 rings (SSSR count). The largest absolute Gasteiger partial charge is 0.300 e. The van der Waals surface area contributed by atoms with Gasteiger partial charge in [-0.3, -0.25) is 9.78 Å². The van der Waals surface area contributed by atoms with Gasteiger partial charge in [0.25, 0.3) is 5.56 Å². The summed E-state index contributed by atoms with van der Waals surface area (Å²) in [5.41, 5.74) is 2.31. The molecule has 1 N–H and O–H groups in total. The first-order chi connectivity index (χ1) is 9.11. The smallest absolute Gasteiger partial charge is 0.279 e. The number of thioether (sulfide) groups is 1. The van der Waals surface area contributed by atoms with Crippen molar-refractivity contribution in [3.63, 3.8) is 0 Å². The van der Waals surface area contributed by atoms with E-state index in [1.807, 2.05) is 37.4 Å². The normalized spacial score (nSPS) is 11.1. The summed E-state index contributed by atoms with van der Waals surface area (Å²) in [5, 5.41) is 8.71. The third kappa shape index (κ3) is 3.08. The highest BCUT2D eigenvalue weighted by atomic mass is 32.2. The van der Waals surface area contributed by atoms with Crippen LogP contribution in [-0.2, 0) is 0 Å². The van der Waals surface area contributed by atoms with Gasteiger partial charge < -0.3 is 0 Å². The first-order valence-electron chi connectivity index (χ1n) is 5.74. The molecule has 0 fully saturated rings. The lowest BCUT2D eigenvalue weighted by Gasteiger charge is -2.01. The molecule has 0 aliphatic carbocycles. The number of rotatable bonds is 3. The quantitative estimate of drug-likeness (QED) is 0.529. The number of hydrogen-bond donors (Lipinski definition) is 1. The minimum Gasteiger partial charge on any atom is -0.300 e. The number of H-pyrrole nitrogens is 1. The Hall–Kier alpha value is -1.95. The second-order valence-corrected chi connectivity index (χ2v) is 4.79. The number of nitrogens with one attached hydrogen (secondary N) is 1. The van der Waals surface area contributed by atoms with Crippen molar-refractivity contribution in [3.8, 4) is 0 Å². The lowest BCUT2D eigenvalue weighted by molar-refractivity contribution is 0.899. The zero-order chi connectivity index (χ0) is 13.8. The molecule has 98 valence electrons. The molecule has 0 unspecified atom stereocenters. The van der Waals surface area contributed by atoms with E-state index in [-0.39, 0.29) is 11.2 Å². The minimum atomic E-state index is -0.269. The van der Waals surface area contributed by atoms with E-state index in [9.17, 15) is 4.79 Å². The zero-order valence-electron chi connectivity index (χ0n) is 11.0. The van der Waals surface area contributed by atoms with E-state index < -0.39 is 0 Å². The molecule has 0 saturated heterocycles. The maximum atomic E-state index is 11.9. The minimum absolute atomic E-state index is 0.251. The molecule has 6 heteroatoms. The van der Waals surface area contributed by atoms with Crippen LogP contribution in [0.5, 0.6) is 0 Å². The third-order valence-electron chi connectivity index (χ3n) is 2.61. The fourth-order valence-electron chi connectivity index (χ4n) is 1.55. The SMILES string of the molecule is CSc1nc(C)c(N=Nc2ccccc2C)c(=O)[nH]1. The fraction of sp³-hybridized carbons (Fsp3) is 0.231. The molecule has 0 bridgehead atoms. The van der Waals surface area contributed by atoms with Crippen molar-refractivity contribution in [2.24, 2.45) is 10.2 Å². The number of nitrogens with zero attached hydrogens (tertiary/aromatic N) is 3. The number of benzene rings is 1. The molecule has 5 nitrogen and oxygen atoms in total. The van der Waals surface area contributed by atoms with Crippen LogP contribution in [0.15, 0.2) is 44.4 Å². The topological polar surface area (TPSA) is 70.5 Å². The Kier molecular flexibility index (Phi) is 4.11. The van der Waals surface area contributed by atoms with Crippen molar-refractivity contribution >= 4 is 23.1 Å². The molecule has 0 spiro atoms. The van der Waals surface area contributed by atoms with Gasteiger partial charge in [-0.15, -0.1) is 5.11 Å². The van der Waals surface area contributed by atoms with E-state index in [4.69, 9.17) is 0 Å².